The van der Waals surface area contributed by atoms with Gasteiger partial charge in [-0.1, -0.05) is 12.1 Å². The minimum absolute atomic E-state index is 0.0104. The lowest BCUT2D eigenvalue weighted by molar-refractivity contribution is 0.282. The first-order chi connectivity index (χ1) is 10.1. The molecule has 0 fully saturated rings. The molecule has 2 nitrogen and oxygen atoms in total. The molecule has 0 saturated carbocycles. The first-order valence-electron chi connectivity index (χ1n) is 6.41. The topological polar surface area (TPSA) is 25.2 Å². The van der Waals surface area contributed by atoms with Crippen molar-refractivity contribution in [1.29, 1.82) is 0 Å². The number of aliphatic hydroxyl groups excluding tert-OH is 1. The number of fused-ring (bicyclic) bond motifs is 1. The maximum atomic E-state index is 14.1. The summed E-state index contributed by atoms with van der Waals surface area (Å²) < 4.78 is 29.9. The second-order valence-corrected chi connectivity index (χ2v) is 5.67. The fraction of sp³-hybridized carbons (Fsp3) is 0.125. The van der Waals surface area contributed by atoms with Crippen molar-refractivity contribution in [3.05, 3.63) is 69.8 Å². The first kappa shape index (κ1) is 14.2. The summed E-state index contributed by atoms with van der Waals surface area (Å²) in [6, 6.07) is 10.0. The molecule has 0 aliphatic carbocycles. The monoisotopic (exact) mass is 351 g/mol. The van der Waals surface area contributed by atoms with E-state index in [1.807, 2.05) is 24.3 Å². The molecule has 1 heterocycles. The predicted molar refractivity (Wildman–Crippen MR) is 81.0 cm³/mol. The highest BCUT2D eigenvalue weighted by Gasteiger charge is 2.14. The van der Waals surface area contributed by atoms with Crippen molar-refractivity contribution >= 4 is 26.8 Å². The minimum atomic E-state index is -0.588. The van der Waals surface area contributed by atoms with Crippen LogP contribution >= 0.6 is 15.9 Å². The fourth-order valence-electron chi connectivity index (χ4n) is 2.35. The normalized spacial score (nSPS) is 11.2. The summed E-state index contributed by atoms with van der Waals surface area (Å²) in [7, 11) is 0. The summed E-state index contributed by atoms with van der Waals surface area (Å²) in [6.07, 6.45) is 1.78. The number of aliphatic hydroxyl groups is 1. The van der Waals surface area contributed by atoms with Crippen LogP contribution in [-0.4, -0.2) is 9.67 Å². The number of benzene rings is 2. The molecule has 0 amide bonds. The van der Waals surface area contributed by atoms with Gasteiger partial charge in [-0.3, -0.25) is 0 Å². The minimum Gasteiger partial charge on any atom is -0.392 e. The van der Waals surface area contributed by atoms with E-state index >= 15 is 0 Å². The Kier molecular flexibility index (Phi) is 3.78. The molecular weight excluding hydrogens is 340 g/mol. The maximum Gasteiger partial charge on any atom is 0.145 e. The van der Waals surface area contributed by atoms with Crippen LogP contribution in [0.1, 0.15) is 11.1 Å². The molecule has 21 heavy (non-hydrogen) atoms. The number of aromatic nitrogens is 1. The van der Waals surface area contributed by atoms with E-state index in [0.29, 0.717) is 0 Å². The van der Waals surface area contributed by atoms with E-state index in [2.05, 4.69) is 15.9 Å². The third kappa shape index (κ3) is 2.59. The van der Waals surface area contributed by atoms with E-state index in [1.165, 1.54) is 12.1 Å². The Balaban J connectivity index is 2.08. The molecule has 0 spiro atoms. The van der Waals surface area contributed by atoms with Crippen LogP contribution in [0.3, 0.4) is 0 Å². The summed E-state index contributed by atoms with van der Waals surface area (Å²) in [4.78, 5) is 0. The number of hydrogen-bond donors (Lipinski definition) is 1. The Morgan fingerprint density at radius 2 is 1.90 bits per heavy atom. The second-order valence-electron chi connectivity index (χ2n) is 4.82. The first-order valence-corrected chi connectivity index (χ1v) is 7.20. The maximum absolute atomic E-state index is 14.1. The molecule has 0 aliphatic heterocycles. The quantitative estimate of drug-likeness (QED) is 0.702. The molecule has 3 aromatic rings. The molecule has 0 aliphatic rings. The lowest BCUT2D eigenvalue weighted by Gasteiger charge is -2.10. The highest BCUT2D eigenvalue weighted by Crippen LogP contribution is 2.25. The van der Waals surface area contributed by atoms with Crippen molar-refractivity contribution in [2.45, 2.75) is 13.2 Å². The van der Waals surface area contributed by atoms with E-state index in [1.54, 1.807) is 10.8 Å². The zero-order valence-corrected chi connectivity index (χ0v) is 12.6. The number of hydrogen-bond acceptors (Lipinski definition) is 1. The van der Waals surface area contributed by atoms with Gasteiger partial charge >= 0.3 is 0 Å². The van der Waals surface area contributed by atoms with Crippen molar-refractivity contribution in [3.63, 3.8) is 0 Å². The molecule has 2 aromatic carbocycles. The molecule has 3 rings (SSSR count). The Labute approximate surface area is 128 Å². The average Bonchev–Trinajstić information content (AvgIpc) is 2.89. The van der Waals surface area contributed by atoms with E-state index in [9.17, 15) is 13.9 Å². The predicted octanol–water partition coefficient (Wildman–Crippen LogP) is 4.22. The van der Waals surface area contributed by atoms with Gasteiger partial charge in [-0.15, -0.1) is 0 Å². The van der Waals surface area contributed by atoms with Crippen LogP contribution in [0.25, 0.3) is 10.9 Å². The lowest BCUT2D eigenvalue weighted by atomic mass is 10.1. The zero-order valence-electron chi connectivity index (χ0n) is 11.0. The molecule has 108 valence electrons. The average molecular weight is 352 g/mol. The van der Waals surface area contributed by atoms with Crippen LogP contribution in [0.5, 0.6) is 0 Å². The Morgan fingerprint density at radius 1 is 1.10 bits per heavy atom. The largest absolute Gasteiger partial charge is 0.392 e. The van der Waals surface area contributed by atoms with Crippen LogP contribution in [0.4, 0.5) is 8.78 Å². The Bertz CT molecular complexity index is 813. The van der Waals surface area contributed by atoms with Gasteiger partial charge in [-0.05, 0) is 51.1 Å². The van der Waals surface area contributed by atoms with Crippen LogP contribution in [0, 0.1) is 11.6 Å². The fourth-order valence-corrected chi connectivity index (χ4v) is 2.72. The Hall–Kier alpha value is -1.72. The molecule has 1 N–H and O–H groups in total. The van der Waals surface area contributed by atoms with Crippen molar-refractivity contribution in [1.82, 2.24) is 4.57 Å². The van der Waals surface area contributed by atoms with Crippen LogP contribution < -0.4 is 0 Å². The zero-order chi connectivity index (χ0) is 15.0. The summed E-state index contributed by atoms with van der Waals surface area (Å²) in [5.74, 6) is -1.16. The molecule has 0 bridgehead atoms. The number of nitrogens with zero attached hydrogens (tertiary/aromatic N) is 1. The van der Waals surface area contributed by atoms with Crippen molar-refractivity contribution in [2.24, 2.45) is 0 Å². The van der Waals surface area contributed by atoms with E-state index < -0.39 is 11.6 Å². The second kappa shape index (κ2) is 5.58. The van der Waals surface area contributed by atoms with Crippen molar-refractivity contribution in [2.75, 3.05) is 0 Å². The van der Waals surface area contributed by atoms with E-state index in [0.717, 1.165) is 16.5 Å². The highest BCUT2D eigenvalue weighted by atomic mass is 79.9. The smallest absolute Gasteiger partial charge is 0.145 e. The van der Waals surface area contributed by atoms with Crippen molar-refractivity contribution in [3.8, 4) is 0 Å². The number of rotatable bonds is 3. The van der Waals surface area contributed by atoms with E-state index in [-0.39, 0.29) is 23.2 Å². The SMILES string of the molecule is OCc1ccc2ccn(Cc3c(F)ccc(Br)c3F)c2c1. The van der Waals surface area contributed by atoms with Gasteiger partial charge in [0.25, 0.3) is 0 Å². The van der Waals surface area contributed by atoms with Crippen LogP contribution in [-0.2, 0) is 13.2 Å². The lowest BCUT2D eigenvalue weighted by Crippen LogP contribution is -2.04. The number of halogens is 3. The van der Waals surface area contributed by atoms with Crippen LogP contribution in [0.2, 0.25) is 0 Å². The van der Waals surface area contributed by atoms with Gasteiger partial charge in [0, 0.05) is 17.3 Å². The van der Waals surface area contributed by atoms with Crippen LogP contribution in [0.15, 0.2) is 47.1 Å². The molecular formula is C16H12BrF2NO. The molecule has 1 aromatic heterocycles. The standard InChI is InChI=1S/C16H12BrF2NO/c17-13-3-4-14(18)12(16(13)19)8-20-6-5-11-2-1-10(9-21)7-15(11)20/h1-7,21H,8-9H2. The van der Waals surface area contributed by atoms with Gasteiger partial charge in [0.2, 0.25) is 0 Å². The third-order valence-electron chi connectivity index (χ3n) is 3.49. The third-order valence-corrected chi connectivity index (χ3v) is 4.10. The summed E-state index contributed by atoms with van der Waals surface area (Å²) in [6.45, 7) is 0.0240. The van der Waals surface area contributed by atoms with Crippen molar-refractivity contribution < 1.29 is 13.9 Å². The highest BCUT2D eigenvalue weighted by molar-refractivity contribution is 9.10. The van der Waals surface area contributed by atoms with Gasteiger partial charge in [-0.25, -0.2) is 8.78 Å². The molecule has 0 unspecified atom stereocenters. The molecule has 0 radical (unpaired) electrons. The molecule has 0 saturated heterocycles. The Morgan fingerprint density at radius 3 is 2.67 bits per heavy atom. The molecule has 5 heteroatoms. The van der Waals surface area contributed by atoms with Gasteiger partial charge < -0.3 is 9.67 Å². The summed E-state index contributed by atoms with van der Waals surface area (Å²) in [5.41, 5.74) is 1.61. The molecule has 0 atom stereocenters. The van der Waals surface area contributed by atoms with E-state index in [4.69, 9.17) is 0 Å². The summed E-state index contributed by atoms with van der Waals surface area (Å²) in [5, 5.41) is 10.2. The van der Waals surface area contributed by atoms with Gasteiger partial charge in [0.1, 0.15) is 11.6 Å². The van der Waals surface area contributed by atoms with Gasteiger partial charge in [0.15, 0.2) is 0 Å². The summed E-state index contributed by atoms with van der Waals surface area (Å²) >= 11 is 3.07. The van der Waals surface area contributed by atoms with Gasteiger partial charge in [0.05, 0.1) is 17.6 Å². The van der Waals surface area contributed by atoms with Gasteiger partial charge in [-0.2, -0.15) is 0 Å².